The lowest BCUT2D eigenvalue weighted by molar-refractivity contribution is -0.153. The maximum Gasteiger partial charge on any atom is 0.416 e. The van der Waals surface area contributed by atoms with Gasteiger partial charge in [0.25, 0.3) is 0 Å². The molecule has 7 heteroatoms. The maximum atomic E-state index is 12.6. The summed E-state index contributed by atoms with van der Waals surface area (Å²) in [6.45, 7) is 3.63. The van der Waals surface area contributed by atoms with Gasteiger partial charge in [0.1, 0.15) is 12.4 Å². The lowest BCUT2D eigenvalue weighted by Gasteiger charge is -2.17. The van der Waals surface area contributed by atoms with Crippen molar-refractivity contribution in [1.29, 1.82) is 0 Å². The number of carboxylic acids is 1. The summed E-state index contributed by atoms with van der Waals surface area (Å²) in [5.74, 6) is -0.541. The number of carbonyl (C=O) groups is 1. The van der Waals surface area contributed by atoms with Gasteiger partial charge in [-0.3, -0.25) is 0 Å². The van der Waals surface area contributed by atoms with E-state index in [-0.39, 0.29) is 19.1 Å². The van der Waals surface area contributed by atoms with Gasteiger partial charge in [-0.25, -0.2) is 4.79 Å². The van der Waals surface area contributed by atoms with Crippen LogP contribution in [-0.2, 0) is 28.7 Å². The van der Waals surface area contributed by atoms with Gasteiger partial charge in [0.2, 0.25) is 0 Å². The van der Waals surface area contributed by atoms with Crippen molar-refractivity contribution in [2.24, 2.45) is 0 Å². The number of alkyl halides is 3. The molecule has 27 heavy (non-hydrogen) atoms. The fourth-order valence-electron chi connectivity index (χ4n) is 2.46. The number of hydrogen-bond donors (Lipinski definition) is 1. The zero-order chi connectivity index (χ0) is 20.0. The molecule has 146 valence electrons. The molecule has 0 fully saturated rings. The van der Waals surface area contributed by atoms with Gasteiger partial charge in [-0.2, -0.15) is 13.2 Å². The molecule has 2 aromatic rings. The van der Waals surface area contributed by atoms with Gasteiger partial charge in [0.05, 0.1) is 11.7 Å². The average Bonchev–Trinajstić information content (AvgIpc) is 2.59. The second-order valence-corrected chi connectivity index (χ2v) is 6.35. The molecule has 0 heterocycles. The average molecular weight is 382 g/mol. The first kappa shape index (κ1) is 20.8. The van der Waals surface area contributed by atoms with Crippen LogP contribution in [0.15, 0.2) is 48.5 Å². The Hall–Kier alpha value is -2.54. The van der Waals surface area contributed by atoms with E-state index >= 15 is 0 Å². The summed E-state index contributed by atoms with van der Waals surface area (Å²) in [4.78, 5) is 11.3. The molecule has 1 N–H and O–H groups in total. The van der Waals surface area contributed by atoms with Crippen molar-refractivity contribution >= 4 is 5.97 Å². The molecular formula is C20H21F3O4. The van der Waals surface area contributed by atoms with Crippen LogP contribution in [0.2, 0.25) is 0 Å². The van der Waals surface area contributed by atoms with E-state index in [1.165, 1.54) is 12.1 Å². The van der Waals surface area contributed by atoms with Crippen molar-refractivity contribution in [3.05, 3.63) is 65.2 Å². The standard InChI is InChI=1S/C20H21F3O4/c1-13(2)27-18(19(24)25)11-15-4-3-5-17(10-15)26-12-14-6-8-16(9-7-14)20(21,22)23/h3-10,13,18H,11-12H2,1-2H3,(H,24,25). The van der Waals surface area contributed by atoms with Crippen LogP contribution in [-0.4, -0.2) is 23.3 Å². The maximum absolute atomic E-state index is 12.6. The Kier molecular flexibility index (Phi) is 6.85. The number of hydrogen-bond acceptors (Lipinski definition) is 3. The summed E-state index contributed by atoms with van der Waals surface area (Å²) in [6, 6.07) is 11.6. The Morgan fingerprint density at radius 2 is 1.74 bits per heavy atom. The quantitative estimate of drug-likeness (QED) is 0.719. The van der Waals surface area contributed by atoms with Gasteiger partial charge >= 0.3 is 12.1 Å². The van der Waals surface area contributed by atoms with E-state index in [9.17, 15) is 23.1 Å². The number of benzene rings is 2. The van der Waals surface area contributed by atoms with Crippen LogP contribution in [0.1, 0.15) is 30.5 Å². The van der Waals surface area contributed by atoms with Gasteiger partial charge in [0.15, 0.2) is 6.10 Å². The molecule has 0 bridgehead atoms. The highest BCUT2D eigenvalue weighted by Gasteiger charge is 2.29. The second kappa shape index (κ2) is 8.90. The Morgan fingerprint density at radius 1 is 1.07 bits per heavy atom. The van der Waals surface area contributed by atoms with Gasteiger partial charge in [0, 0.05) is 6.42 Å². The minimum Gasteiger partial charge on any atom is -0.489 e. The van der Waals surface area contributed by atoms with Gasteiger partial charge < -0.3 is 14.6 Å². The summed E-state index contributed by atoms with van der Waals surface area (Å²) < 4.78 is 48.7. The molecule has 0 aromatic heterocycles. The fourth-order valence-corrected chi connectivity index (χ4v) is 2.46. The lowest BCUT2D eigenvalue weighted by atomic mass is 10.1. The summed E-state index contributed by atoms with van der Waals surface area (Å²) in [7, 11) is 0. The summed E-state index contributed by atoms with van der Waals surface area (Å²) >= 11 is 0. The molecule has 1 atom stereocenters. The zero-order valence-electron chi connectivity index (χ0n) is 15.0. The van der Waals surface area contributed by atoms with Gasteiger partial charge in [-0.15, -0.1) is 0 Å². The first-order valence-electron chi connectivity index (χ1n) is 8.41. The third-order valence-electron chi connectivity index (χ3n) is 3.72. The fraction of sp³-hybridized carbons (Fsp3) is 0.350. The minimum atomic E-state index is -4.37. The third kappa shape index (κ3) is 6.60. The molecule has 0 aliphatic rings. The van der Waals surface area contributed by atoms with Crippen LogP contribution in [0.5, 0.6) is 5.75 Å². The topological polar surface area (TPSA) is 55.8 Å². The van der Waals surface area contributed by atoms with Crippen molar-refractivity contribution in [2.75, 3.05) is 0 Å². The van der Waals surface area contributed by atoms with E-state index < -0.39 is 23.8 Å². The van der Waals surface area contributed by atoms with Crippen LogP contribution < -0.4 is 4.74 Å². The summed E-state index contributed by atoms with van der Waals surface area (Å²) in [5, 5.41) is 9.25. The molecule has 0 spiro atoms. The molecule has 2 aromatic carbocycles. The van der Waals surface area contributed by atoms with E-state index in [0.717, 1.165) is 17.7 Å². The molecule has 0 saturated heterocycles. The Balaban J connectivity index is 2.00. The van der Waals surface area contributed by atoms with Gasteiger partial charge in [-0.1, -0.05) is 24.3 Å². The number of aliphatic carboxylic acids is 1. The van der Waals surface area contributed by atoms with Crippen LogP contribution >= 0.6 is 0 Å². The van der Waals surface area contributed by atoms with Crippen LogP contribution in [0, 0.1) is 0 Å². The molecule has 0 saturated carbocycles. The van der Waals surface area contributed by atoms with Crippen molar-refractivity contribution in [1.82, 2.24) is 0 Å². The summed E-state index contributed by atoms with van der Waals surface area (Å²) in [6.07, 6.45) is -5.36. The molecule has 2 rings (SSSR count). The molecule has 4 nitrogen and oxygen atoms in total. The normalized spacial score (nSPS) is 12.8. The first-order chi connectivity index (χ1) is 12.6. The Morgan fingerprint density at radius 3 is 2.30 bits per heavy atom. The van der Waals surface area contributed by atoms with Crippen LogP contribution in [0.25, 0.3) is 0 Å². The molecule has 1 unspecified atom stereocenters. The minimum absolute atomic E-state index is 0.104. The van der Waals surface area contributed by atoms with Gasteiger partial charge in [-0.05, 0) is 49.2 Å². The van der Waals surface area contributed by atoms with Crippen molar-refractivity contribution in [2.45, 2.75) is 45.3 Å². The Labute approximate surface area is 155 Å². The van der Waals surface area contributed by atoms with E-state index in [4.69, 9.17) is 9.47 Å². The van der Waals surface area contributed by atoms with E-state index in [0.29, 0.717) is 11.3 Å². The monoisotopic (exact) mass is 382 g/mol. The van der Waals surface area contributed by atoms with Crippen molar-refractivity contribution in [3.63, 3.8) is 0 Å². The summed E-state index contributed by atoms with van der Waals surface area (Å²) in [5.41, 5.74) is 0.617. The zero-order valence-corrected chi connectivity index (χ0v) is 15.0. The van der Waals surface area contributed by atoms with Crippen LogP contribution in [0.4, 0.5) is 13.2 Å². The molecule has 0 radical (unpaired) electrons. The largest absolute Gasteiger partial charge is 0.489 e. The van der Waals surface area contributed by atoms with Crippen LogP contribution in [0.3, 0.4) is 0 Å². The number of carboxylic acid groups (broad SMARTS) is 1. The number of halogens is 3. The van der Waals surface area contributed by atoms with E-state index in [1.807, 2.05) is 0 Å². The predicted molar refractivity (Wildman–Crippen MR) is 93.6 cm³/mol. The molecule has 0 amide bonds. The van der Waals surface area contributed by atoms with Crippen molar-refractivity contribution in [3.8, 4) is 5.75 Å². The SMILES string of the molecule is CC(C)OC(Cc1cccc(OCc2ccc(C(F)(F)F)cc2)c1)C(=O)O. The number of rotatable bonds is 8. The van der Waals surface area contributed by atoms with E-state index in [1.54, 1.807) is 38.1 Å². The second-order valence-electron chi connectivity index (χ2n) is 6.35. The molecule has 0 aliphatic heterocycles. The highest BCUT2D eigenvalue weighted by Crippen LogP contribution is 2.29. The highest BCUT2D eigenvalue weighted by molar-refractivity contribution is 5.72. The lowest BCUT2D eigenvalue weighted by Crippen LogP contribution is -2.29. The molecular weight excluding hydrogens is 361 g/mol. The highest BCUT2D eigenvalue weighted by atomic mass is 19.4. The predicted octanol–water partition coefficient (Wildman–Crippen LogP) is 4.71. The molecule has 0 aliphatic carbocycles. The Bertz CT molecular complexity index is 755. The number of ether oxygens (including phenoxy) is 2. The third-order valence-corrected chi connectivity index (χ3v) is 3.72. The van der Waals surface area contributed by atoms with Crippen molar-refractivity contribution < 1.29 is 32.5 Å². The van der Waals surface area contributed by atoms with E-state index in [2.05, 4.69) is 0 Å². The first-order valence-corrected chi connectivity index (χ1v) is 8.41. The smallest absolute Gasteiger partial charge is 0.416 e.